The van der Waals surface area contributed by atoms with Gasteiger partial charge in [0.05, 0.1) is 0 Å². The van der Waals surface area contributed by atoms with Crippen LogP contribution in [0, 0.1) is 0 Å². The number of rotatable bonds is 0. The summed E-state index contributed by atoms with van der Waals surface area (Å²) in [5.74, 6) is 0. The second-order valence-corrected chi connectivity index (χ2v) is 0.677. The van der Waals surface area contributed by atoms with E-state index >= 15 is 0 Å². The molecule has 0 radical (unpaired) electrons. The highest BCUT2D eigenvalue weighted by Crippen LogP contribution is 2.20. The quantitative estimate of drug-likeness (QED) is 0.406. The Bertz CT molecular complexity index is 29.0. The second-order valence-electron chi connectivity index (χ2n) is 0.226. The first kappa shape index (κ1) is 4.09. The van der Waals surface area contributed by atoms with Crippen molar-refractivity contribution in [2.75, 3.05) is 0 Å². The maximum atomic E-state index is 9.88. The predicted molar refractivity (Wildman–Crippen MR) is 11.2 cm³/mol. The Morgan fingerprint density at radius 2 is 1.50 bits per heavy atom. The second kappa shape index (κ2) is 1.41. The van der Waals surface area contributed by atoms with Crippen LogP contribution in [0.1, 0.15) is 0 Å². The normalized spacial score (nSPS) is 8.75. The van der Waals surface area contributed by atoms with E-state index in [9.17, 15) is 8.39 Å². The molecular formula is HF2OP. The third-order valence-corrected chi connectivity index (χ3v) is 0. The molecule has 0 spiro atoms. The van der Waals surface area contributed by atoms with Gasteiger partial charge in [0.25, 0.3) is 0 Å². The molecule has 0 unspecified atom stereocenters. The van der Waals surface area contributed by atoms with Crippen molar-refractivity contribution in [3.63, 3.8) is 0 Å². The summed E-state index contributed by atoms with van der Waals surface area (Å²) in [5.41, 5.74) is 0. The monoisotopic (exact) mass is 86.0 g/mol. The lowest BCUT2D eigenvalue weighted by Gasteiger charge is -1.50. The van der Waals surface area contributed by atoms with Gasteiger partial charge in [-0.1, -0.05) is 0 Å². The van der Waals surface area contributed by atoms with Crippen molar-refractivity contribution < 1.29 is 13.0 Å². The maximum Gasteiger partial charge on any atom is 0.391 e. The first-order valence-electron chi connectivity index (χ1n) is 0.582. The van der Waals surface area contributed by atoms with Crippen LogP contribution in [0.3, 0.4) is 0 Å². The fraction of sp³-hybridized carbons (Fsp3) is 0. The summed E-state index contributed by atoms with van der Waals surface area (Å²) in [5, 5.41) is 0. The topological polar surface area (TPSA) is 17.1 Å². The molecule has 0 heterocycles. The largest absolute Gasteiger partial charge is 0.391 e. The van der Waals surface area contributed by atoms with Gasteiger partial charge < -0.3 is 0 Å². The Kier molecular flexibility index (Phi) is 1.45. The van der Waals surface area contributed by atoms with E-state index in [1.807, 2.05) is 0 Å². The van der Waals surface area contributed by atoms with E-state index in [1.165, 1.54) is 0 Å². The van der Waals surface area contributed by atoms with Gasteiger partial charge in [-0.2, -0.15) is 8.39 Å². The summed E-state index contributed by atoms with van der Waals surface area (Å²) in [6.07, 6.45) is 0. The van der Waals surface area contributed by atoms with Crippen molar-refractivity contribution >= 4 is 8.42 Å². The number of halogens is 2. The molecule has 26 valence electrons. The van der Waals surface area contributed by atoms with Crippen molar-refractivity contribution in [2.24, 2.45) is 0 Å². The van der Waals surface area contributed by atoms with Gasteiger partial charge in [0, 0.05) is 0 Å². The molecule has 0 saturated heterocycles. The number of hydrogen-bond acceptors (Lipinski definition) is 1. The Hall–Kier alpha value is 0.0900. The summed E-state index contributed by atoms with van der Waals surface area (Å²) >= 11 is 0. The molecule has 0 saturated carbocycles. The SMILES string of the molecule is O=[PH](F)F. The molecular weight excluding hydrogens is 85.0 g/mol. The molecule has 0 aliphatic heterocycles. The highest BCUT2D eigenvalue weighted by molar-refractivity contribution is 7.32. The first-order valence-corrected chi connectivity index (χ1v) is 1.75. The van der Waals surface area contributed by atoms with Crippen molar-refractivity contribution in [1.82, 2.24) is 0 Å². The van der Waals surface area contributed by atoms with E-state index in [4.69, 9.17) is 4.57 Å². The van der Waals surface area contributed by atoms with Crippen molar-refractivity contribution in [1.29, 1.82) is 0 Å². The van der Waals surface area contributed by atoms with E-state index in [1.54, 1.807) is 0 Å². The van der Waals surface area contributed by atoms with Crippen LogP contribution in [0.4, 0.5) is 8.39 Å². The average molecular weight is 86.0 g/mol. The van der Waals surface area contributed by atoms with Crippen LogP contribution in [0.25, 0.3) is 0 Å². The third-order valence-electron chi connectivity index (χ3n) is 0. The fourth-order valence-corrected chi connectivity index (χ4v) is 0. The van der Waals surface area contributed by atoms with Gasteiger partial charge in [0.15, 0.2) is 0 Å². The zero-order chi connectivity index (χ0) is 3.58. The van der Waals surface area contributed by atoms with Gasteiger partial charge in [0.1, 0.15) is 0 Å². The molecule has 0 aliphatic rings. The Morgan fingerprint density at radius 3 is 1.50 bits per heavy atom. The lowest BCUT2D eigenvalue weighted by atomic mass is 16.0. The summed E-state index contributed by atoms with van der Waals surface area (Å²) in [6.45, 7) is 0. The summed E-state index contributed by atoms with van der Waals surface area (Å²) in [4.78, 5) is 0. The van der Waals surface area contributed by atoms with Gasteiger partial charge in [-0.25, -0.2) is 0 Å². The molecule has 4 heteroatoms. The molecule has 0 amide bonds. The van der Waals surface area contributed by atoms with Crippen LogP contribution >= 0.6 is 8.42 Å². The van der Waals surface area contributed by atoms with E-state index in [0.717, 1.165) is 0 Å². The molecule has 0 fully saturated rings. The van der Waals surface area contributed by atoms with E-state index in [-0.39, 0.29) is 0 Å². The fourth-order valence-electron chi connectivity index (χ4n) is 0. The molecule has 0 bridgehead atoms. The lowest BCUT2D eigenvalue weighted by Crippen LogP contribution is -1.04. The highest BCUT2D eigenvalue weighted by atomic mass is 31.2. The minimum Gasteiger partial charge on any atom is -0.254 e. The Morgan fingerprint density at radius 1 is 1.50 bits per heavy atom. The van der Waals surface area contributed by atoms with E-state index in [2.05, 4.69) is 0 Å². The molecule has 0 rings (SSSR count). The van der Waals surface area contributed by atoms with E-state index < -0.39 is 8.42 Å². The minimum absolute atomic E-state index is 4.13. The van der Waals surface area contributed by atoms with Crippen molar-refractivity contribution in [3.05, 3.63) is 0 Å². The molecule has 0 aromatic rings. The summed E-state index contributed by atoms with van der Waals surface area (Å²) in [6, 6.07) is 0. The predicted octanol–water partition coefficient (Wildman–Crippen LogP) is 1.32. The van der Waals surface area contributed by atoms with Crippen LogP contribution in [-0.4, -0.2) is 0 Å². The molecule has 4 heavy (non-hydrogen) atoms. The molecule has 0 aliphatic carbocycles. The van der Waals surface area contributed by atoms with Crippen LogP contribution in [-0.2, 0) is 4.57 Å². The van der Waals surface area contributed by atoms with Gasteiger partial charge in [-0.3, -0.25) is 4.57 Å². The van der Waals surface area contributed by atoms with Crippen LogP contribution in [0.2, 0.25) is 0 Å². The zero-order valence-electron chi connectivity index (χ0n) is 1.66. The Balaban J connectivity index is 2.80. The van der Waals surface area contributed by atoms with Gasteiger partial charge in [-0.05, 0) is 0 Å². The minimum atomic E-state index is -4.13. The van der Waals surface area contributed by atoms with Crippen LogP contribution in [0.15, 0.2) is 0 Å². The van der Waals surface area contributed by atoms with Crippen molar-refractivity contribution in [2.45, 2.75) is 0 Å². The number of hydrogen-bond donors (Lipinski definition) is 0. The smallest absolute Gasteiger partial charge is 0.254 e. The maximum absolute atomic E-state index is 9.88. The van der Waals surface area contributed by atoms with Gasteiger partial charge in [-0.15, -0.1) is 0 Å². The zero-order valence-corrected chi connectivity index (χ0v) is 2.66. The summed E-state index contributed by atoms with van der Waals surface area (Å²) in [7, 11) is -4.13. The first-order chi connectivity index (χ1) is 1.73. The van der Waals surface area contributed by atoms with Gasteiger partial charge in [0.2, 0.25) is 0 Å². The van der Waals surface area contributed by atoms with Gasteiger partial charge >= 0.3 is 8.42 Å². The van der Waals surface area contributed by atoms with Crippen LogP contribution in [0.5, 0.6) is 0 Å². The lowest BCUT2D eigenvalue weighted by molar-refractivity contribution is 0.521. The van der Waals surface area contributed by atoms with Crippen LogP contribution < -0.4 is 0 Å². The molecule has 0 aromatic carbocycles. The Labute approximate surface area is 22.7 Å². The molecule has 0 N–H and O–H groups in total. The molecule has 0 aromatic heterocycles. The van der Waals surface area contributed by atoms with E-state index in [0.29, 0.717) is 0 Å². The molecule has 1 nitrogen and oxygen atoms in total. The standard InChI is InChI=1S/F2HOP/c1-4(2)3/h4H. The van der Waals surface area contributed by atoms with Crippen molar-refractivity contribution in [3.8, 4) is 0 Å². The third kappa shape index (κ3) is 307. The molecule has 0 atom stereocenters. The highest BCUT2D eigenvalue weighted by Gasteiger charge is 1.72. The summed E-state index contributed by atoms with van der Waals surface area (Å²) < 4.78 is 28.1. The average Bonchev–Trinajstić information content (AvgIpc) is 0.811.